The Morgan fingerprint density at radius 1 is 1.09 bits per heavy atom. The molecule has 2 saturated heterocycles. The summed E-state index contributed by atoms with van der Waals surface area (Å²) in [6.07, 6.45) is -8.30. The van der Waals surface area contributed by atoms with E-state index in [0.29, 0.717) is 23.9 Å². The van der Waals surface area contributed by atoms with E-state index in [2.05, 4.69) is 10.3 Å². The van der Waals surface area contributed by atoms with E-state index in [4.69, 9.17) is 4.74 Å². The topological polar surface area (TPSA) is 158 Å². The second-order valence-electron chi connectivity index (χ2n) is 11.4. The lowest BCUT2D eigenvalue weighted by atomic mass is 9.84. The third-order valence-electron chi connectivity index (χ3n) is 8.31. The van der Waals surface area contributed by atoms with Gasteiger partial charge in [-0.3, -0.25) is 0 Å². The van der Waals surface area contributed by atoms with Crippen LogP contribution in [-0.2, 0) is 20.9 Å². The number of aliphatic hydroxyl groups is 4. The zero-order chi connectivity index (χ0) is 34.5. The van der Waals surface area contributed by atoms with Gasteiger partial charge in [0.1, 0.15) is 35.5 Å². The van der Waals surface area contributed by atoms with Crippen LogP contribution in [0.15, 0.2) is 42.6 Å². The van der Waals surface area contributed by atoms with Crippen molar-refractivity contribution in [3.8, 4) is 11.3 Å². The Hall–Kier alpha value is -2.78. The lowest BCUT2D eigenvalue weighted by Gasteiger charge is -2.47. The SMILES string of the molecule is CS(=O)(=O)N1CCC(O)([C@@H](S[C@@H]2O[C@H](CO)[C@H](O)[C@H](n3cc(-c4cc(F)c(F)c(F)c4)nn3)[C@H]2O)c2ccccc2C(F)(F)F)CC1. The van der Waals surface area contributed by atoms with E-state index in [1.807, 2.05) is 0 Å². The quantitative estimate of drug-likeness (QED) is 0.202. The molecule has 258 valence electrons. The van der Waals surface area contributed by atoms with Gasteiger partial charge in [-0.1, -0.05) is 23.4 Å². The van der Waals surface area contributed by atoms with Gasteiger partial charge in [0.05, 0.1) is 35.5 Å². The number of halogens is 6. The van der Waals surface area contributed by atoms with Crippen molar-refractivity contribution in [3.05, 3.63) is 71.2 Å². The Balaban J connectivity index is 1.52. The molecule has 3 aromatic rings. The maximum atomic E-state index is 14.2. The van der Waals surface area contributed by atoms with Crippen molar-refractivity contribution in [1.29, 1.82) is 0 Å². The van der Waals surface area contributed by atoms with Crippen LogP contribution >= 0.6 is 11.8 Å². The molecule has 0 bridgehead atoms. The monoisotopic (exact) mass is 712 g/mol. The van der Waals surface area contributed by atoms with Crippen molar-refractivity contribution < 1.29 is 59.9 Å². The predicted octanol–water partition coefficient (Wildman–Crippen LogP) is 2.62. The van der Waals surface area contributed by atoms with Gasteiger partial charge in [-0.2, -0.15) is 13.2 Å². The van der Waals surface area contributed by atoms with Crippen molar-refractivity contribution in [2.24, 2.45) is 0 Å². The number of sulfonamides is 1. The molecule has 2 aliphatic rings. The summed E-state index contributed by atoms with van der Waals surface area (Å²) in [5.41, 5.74) is -5.37. The number of aliphatic hydroxyl groups excluding tert-OH is 3. The first kappa shape index (κ1) is 35.5. The first-order valence-corrected chi connectivity index (χ1v) is 16.9. The minimum Gasteiger partial charge on any atom is -0.394 e. The van der Waals surface area contributed by atoms with Gasteiger partial charge >= 0.3 is 6.18 Å². The normalized spacial score (nSPS) is 26.3. The summed E-state index contributed by atoms with van der Waals surface area (Å²) in [7, 11) is -3.67. The molecule has 0 spiro atoms. The van der Waals surface area contributed by atoms with Gasteiger partial charge in [0.15, 0.2) is 17.5 Å². The minimum atomic E-state index is -4.87. The van der Waals surface area contributed by atoms with Gasteiger partial charge < -0.3 is 25.2 Å². The second kappa shape index (κ2) is 13.3. The first-order chi connectivity index (χ1) is 21.9. The molecule has 11 nitrogen and oxygen atoms in total. The molecule has 0 radical (unpaired) electrons. The predicted molar refractivity (Wildman–Crippen MR) is 155 cm³/mol. The first-order valence-electron chi connectivity index (χ1n) is 14.1. The van der Waals surface area contributed by atoms with Crippen molar-refractivity contribution in [2.75, 3.05) is 26.0 Å². The minimum absolute atomic E-state index is 0.192. The summed E-state index contributed by atoms with van der Waals surface area (Å²) in [5.74, 6) is -4.74. The standard InChI is InChI=1S/C28H30F6N4O7S2/c1-47(43,44)37-8-6-27(42,7-9-37)25(15-4-2-3-5-16(15)28(32,33)34)46-26-24(41)22(23(40)20(13-39)45-26)38-12-19(35-36-38)14-10-17(29)21(31)18(30)11-14/h2-5,10-12,20,22-26,39-42H,6-9,13H2,1H3/t20-,22+,23+,24-,25+,26+/m1/s1. The molecule has 19 heteroatoms. The number of rotatable bonds is 8. The molecule has 2 aliphatic heterocycles. The highest BCUT2D eigenvalue weighted by molar-refractivity contribution is 8.00. The smallest absolute Gasteiger partial charge is 0.394 e. The van der Waals surface area contributed by atoms with Crippen LogP contribution in [0.3, 0.4) is 0 Å². The Labute approximate surface area is 268 Å². The van der Waals surface area contributed by atoms with E-state index in [1.165, 1.54) is 6.07 Å². The van der Waals surface area contributed by atoms with Crippen LogP contribution in [0, 0.1) is 17.5 Å². The molecule has 47 heavy (non-hydrogen) atoms. The second-order valence-corrected chi connectivity index (χ2v) is 14.6. The van der Waals surface area contributed by atoms with E-state index < -0.39 is 86.5 Å². The highest BCUT2D eigenvalue weighted by Crippen LogP contribution is 2.52. The number of ether oxygens (including phenoxy) is 1. The lowest BCUT2D eigenvalue weighted by Crippen LogP contribution is -2.56. The van der Waals surface area contributed by atoms with Gasteiger partial charge in [0, 0.05) is 18.7 Å². The van der Waals surface area contributed by atoms with Crippen molar-refractivity contribution in [3.63, 3.8) is 0 Å². The van der Waals surface area contributed by atoms with Crippen molar-refractivity contribution in [1.82, 2.24) is 19.3 Å². The number of aromatic nitrogens is 3. The Kier molecular flexibility index (Phi) is 10.0. The molecule has 2 aromatic carbocycles. The summed E-state index contributed by atoms with van der Waals surface area (Å²) in [6, 6.07) is 4.26. The molecule has 5 rings (SSSR count). The maximum Gasteiger partial charge on any atom is 0.416 e. The molecule has 0 unspecified atom stereocenters. The van der Waals surface area contributed by atoms with E-state index >= 15 is 0 Å². The van der Waals surface area contributed by atoms with E-state index in [1.54, 1.807) is 0 Å². The average molecular weight is 713 g/mol. The highest BCUT2D eigenvalue weighted by Gasteiger charge is 2.52. The molecule has 1 aromatic heterocycles. The van der Waals surface area contributed by atoms with Crippen LogP contribution in [-0.4, -0.2) is 103 Å². The van der Waals surface area contributed by atoms with Crippen molar-refractivity contribution in [2.45, 2.75) is 59.7 Å². The number of hydrogen-bond acceptors (Lipinski definition) is 10. The maximum absolute atomic E-state index is 14.2. The zero-order valence-corrected chi connectivity index (χ0v) is 26.1. The summed E-state index contributed by atoms with van der Waals surface area (Å²) >= 11 is 0.585. The fraction of sp³-hybridized carbons (Fsp3) is 0.500. The van der Waals surface area contributed by atoms with Gasteiger partial charge in [0.25, 0.3) is 0 Å². The van der Waals surface area contributed by atoms with Crippen LogP contribution in [0.4, 0.5) is 26.3 Å². The Morgan fingerprint density at radius 3 is 2.28 bits per heavy atom. The molecular weight excluding hydrogens is 682 g/mol. The van der Waals surface area contributed by atoms with Crippen LogP contribution in [0.25, 0.3) is 11.3 Å². The molecule has 0 saturated carbocycles. The number of benzene rings is 2. The van der Waals surface area contributed by atoms with Crippen LogP contribution in [0.2, 0.25) is 0 Å². The lowest BCUT2D eigenvalue weighted by molar-refractivity contribution is -0.179. The third kappa shape index (κ3) is 7.17. The van der Waals surface area contributed by atoms with Crippen LogP contribution < -0.4 is 0 Å². The fourth-order valence-electron chi connectivity index (χ4n) is 5.83. The van der Waals surface area contributed by atoms with Crippen molar-refractivity contribution >= 4 is 21.8 Å². The molecule has 2 fully saturated rings. The molecule has 4 N–H and O–H groups in total. The number of nitrogens with zero attached hydrogens (tertiary/aromatic N) is 4. The van der Waals surface area contributed by atoms with Crippen LogP contribution in [0.5, 0.6) is 0 Å². The number of thioether (sulfide) groups is 1. The summed E-state index contributed by atoms with van der Waals surface area (Å²) in [4.78, 5) is 0. The number of piperidine rings is 1. The summed E-state index contributed by atoms with van der Waals surface area (Å²) in [6.45, 7) is -1.24. The average Bonchev–Trinajstić information content (AvgIpc) is 3.48. The third-order valence-corrected chi connectivity index (χ3v) is 11.2. The van der Waals surface area contributed by atoms with Gasteiger partial charge in [-0.15, -0.1) is 16.9 Å². The summed E-state index contributed by atoms with van der Waals surface area (Å²) in [5, 5.41) is 50.5. The van der Waals surface area contributed by atoms with Crippen LogP contribution in [0.1, 0.15) is 35.3 Å². The molecule has 3 heterocycles. The van der Waals surface area contributed by atoms with Gasteiger partial charge in [-0.05, 0) is 36.6 Å². The molecule has 0 aliphatic carbocycles. The molecule has 0 amide bonds. The number of hydrogen-bond donors (Lipinski definition) is 4. The van der Waals surface area contributed by atoms with E-state index in [9.17, 15) is 55.2 Å². The zero-order valence-electron chi connectivity index (χ0n) is 24.4. The highest BCUT2D eigenvalue weighted by atomic mass is 32.2. The van der Waals surface area contributed by atoms with E-state index in [0.717, 1.165) is 39.6 Å². The Morgan fingerprint density at radius 2 is 1.70 bits per heavy atom. The number of alkyl halides is 3. The molecular formula is C28H30F6N4O7S2. The van der Waals surface area contributed by atoms with Gasteiger partial charge in [0.2, 0.25) is 10.0 Å². The van der Waals surface area contributed by atoms with Gasteiger partial charge in [-0.25, -0.2) is 30.6 Å². The molecule has 6 atom stereocenters. The fourth-order valence-corrected chi connectivity index (χ4v) is 8.31. The summed E-state index contributed by atoms with van der Waals surface area (Å²) < 4.78 is 116. The largest absolute Gasteiger partial charge is 0.416 e. The Bertz CT molecular complexity index is 1680. The van der Waals surface area contributed by atoms with E-state index in [-0.39, 0.29) is 42.8 Å².